The number of aryl methyl sites for hydroxylation is 1. The number of carbonyl (C=O) groups is 1. The number of nitrogens with zero attached hydrogens (tertiary/aromatic N) is 2. The van der Waals surface area contributed by atoms with Crippen LogP contribution in [0.3, 0.4) is 0 Å². The van der Waals surface area contributed by atoms with Gasteiger partial charge in [0.05, 0.1) is 16.8 Å². The van der Waals surface area contributed by atoms with Crippen molar-refractivity contribution >= 4 is 22.9 Å². The molecule has 24 heavy (non-hydrogen) atoms. The predicted octanol–water partition coefficient (Wildman–Crippen LogP) is 4.14. The van der Waals surface area contributed by atoms with Gasteiger partial charge < -0.3 is 5.73 Å². The third-order valence-electron chi connectivity index (χ3n) is 4.03. The number of thiophene rings is 1. The second-order valence-corrected chi connectivity index (χ2v) is 6.60. The highest BCUT2D eigenvalue weighted by Gasteiger charge is 2.13. The Labute approximate surface area is 143 Å². The van der Waals surface area contributed by atoms with Crippen LogP contribution >= 0.6 is 11.3 Å². The van der Waals surface area contributed by atoms with Gasteiger partial charge in [-0.2, -0.15) is 0 Å². The van der Waals surface area contributed by atoms with E-state index in [1.807, 2.05) is 42.0 Å². The van der Waals surface area contributed by atoms with Crippen LogP contribution in [0.4, 0.5) is 0 Å². The summed E-state index contributed by atoms with van der Waals surface area (Å²) in [6.07, 6.45) is 3.90. The number of rotatable bonds is 3. The zero-order valence-corrected chi connectivity index (χ0v) is 13.9. The minimum Gasteiger partial charge on any atom is -0.365 e. The van der Waals surface area contributed by atoms with E-state index in [9.17, 15) is 4.79 Å². The summed E-state index contributed by atoms with van der Waals surface area (Å²) in [4.78, 5) is 16.7. The highest BCUT2D eigenvalue weighted by molar-refractivity contribution is 7.12. The van der Waals surface area contributed by atoms with Gasteiger partial charge in [-0.3, -0.25) is 9.20 Å². The molecule has 4 nitrogen and oxygen atoms in total. The fraction of sp³-hybridized carbons (Fsp3) is 0.0526. The van der Waals surface area contributed by atoms with Crippen molar-refractivity contribution in [3.05, 3.63) is 70.7 Å². The van der Waals surface area contributed by atoms with Crippen molar-refractivity contribution in [1.82, 2.24) is 9.38 Å². The van der Waals surface area contributed by atoms with Crippen molar-refractivity contribution in [3.8, 4) is 22.4 Å². The van der Waals surface area contributed by atoms with Gasteiger partial charge in [-0.15, -0.1) is 11.3 Å². The first kappa shape index (κ1) is 14.7. The highest BCUT2D eigenvalue weighted by Crippen LogP contribution is 2.31. The van der Waals surface area contributed by atoms with E-state index in [0.29, 0.717) is 4.88 Å². The monoisotopic (exact) mass is 333 g/mol. The number of pyridine rings is 1. The molecule has 3 heterocycles. The second-order valence-electron chi connectivity index (χ2n) is 5.68. The average molecular weight is 333 g/mol. The summed E-state index contributed by atoms with van der Waals surface area (Å²) < 4.78 is 2.06. The molecule has 5 heteroatoms. The van der Waals surface area contributed by atoms with E-state index in [-0.39, 0.29) is 0 Å². The number of imidazole rings is 1. The molecule has 4 rings (SSSR count). The third-order valence-corrected chi connectivity index (χ3v) is 4.96. The molecule has 0 aliphatic heterocycles. The van der Waals surface area contributed by atoms with Crippen molar-refractivity contribution in [2.45, 2.75) is 6.92 Å². The molecule has 0 atom stereocenters. The molecule has 118 valence electrons. The van der Waals surface area contributed by atoms with Gasteiger partial charge in [-0.1, -0.05) is 18.2 Å². The minimum atomic E-state index is -0.393. The van der Waals surface area contributed by atoms with Crippen LogP contribution in [0, 0.1) is 6.92 Å². The summed E-state index contributed by atoms with van der Waals surface area (Å²) in [6, 6.07) is 14.1. The van der Waals surface area contributed by atoms with Crippen LogP contribution in [0.1, 0.15) is 15.2 Å². The lowest BCUT2D eigenvalue weighted by Crippen LogP contribution is -2.09. The largest absolute Gasteiger partial charge is 0.365 e. The van der Waals surface area contributed by atoms with Crippen LogP contribution in [0.25, 0.3) is 28.0 Å². The van der Waals surface area contributed by atoms with E-state index >= 15 is 0 Å². The maximum Gasteiger partial charge on any atom is 0.259 e. The summed E-state index contributed by atoms with van der Waals surface area (Å²) >= 11 is 1.37. The molecule has 0 aliphatic carbocycles. The molecular formula is C19H15N3OS. The van der Waals surface area contributed by atoms with Gasteiger partial charge in [0, 0.05) is 17.3 Å². The topological polar surface area (TPSA) is 60.4 Å². The van der Waals surface area contributed by atoms with Crippen LogP contribution in [-0.2, 0) is 0 Å². The smallest absolute Gasteiger partial charge is 0.259 e. The van der Waals surface area contributed by atoms with Crippen molar-refractivity contribution in [1.29, 1.82) is 0 Å². The molecule has 0 spiro atoms. The SMILES string of the molecule is Cc1ccn2c(-c3cccc(-c4ccsc4C(N)=O)c3)cnc2c1. The maximum absolute atomic E-state index is 11.6. The van der Waals surface area contributed by atoms with E-state index in [4.69, 9.17) is 5.73 Å². The Morgan fingerprint density at radius 1 is 1.17 bits per heavy atom. The number of fused-ring (bicyclic) bond motifs is 1. The van der Waals surface area contributed by atoms with E-state index in [1.165, 1.54) is 16.9 Å². The van der Waals surface area contributed by atoms with Gasteiger partial charge in [-0.05, 0) is 47.7 Å². The van der Waals surface area contributed by atoms with Crippen LogP contribution in [-0.4, -0.2) is 15.3 Å². The van der Waals surface area contributed by atoms with Crippen LogP contribution in [0.5, 0.6) is 0 Å². The zero-order chi connectivity index (χ0) is 16.7. The number of hydrogen-bond donors (Lipinski definition) is 1. The Hall–Kier alpha value is -2.92. The number of hydrogen-bond acceptors (Lipinski definition) is 3. The van der Waals surface area contributed by atoms with Crippen molar-refractivity contribution in [2.75, 3.05) is 0 Å². The summed E-state index contributed by atoms with van der Waals surface area (Å²) in [6.45, 7) is 2.05. The first-order valence-corrected chi connectivity index (χ1v) is 8.43. The summed E-state index contributed by atoms with van der Waals surface area (Å²) in [7, 11) is 0. The highest BCUT2D eigenvalue weighted by atomic mass is 32.1. The zero-order valence-electron chi connectivity index (χ0n) is 13.1. The Bertz CT molecular complexity index is 1060. The van der Waals surface area contributed by atoms with Crippen molar-refractivity contribution in [2.24, 2.45) is 5.73 Å². The number of carbonyl (C=O) groups excluding carboxylic acids is 1. The third kappa shape index (κ3) is 2.39. The molecule has 1 amide bonds. The maximum atomic E-state index is 11.6. The fourth-order valence-corrected chi connectivity index (χ4v) is 3.64. The van der Waals surface area contributed by atoms with Gasteiger partial charge in [0.2, 0.25) is 0 Å². The number of aromatic nitrogens is 2. The molecule has 0 radical (unpaired) electrons. The van der Waals surface area contributed by atoms with Gasteiger partial charge in [-0.25, -0.2) is 4.98 Å². The summed E-state index contributed by atoms with van der Waals surface area (Å²) in [5.74, 6) is -0.393. The number of primary amides is 1. The Balaban J connectivity index is 1.85. The summed E-state index contributed by atoms with van der Waals surface area (Å²) in [5.41, 5.74) is 11.5. The van der Waals surface area contributed by atoms with E-state index < -0.39 is 5.91 Å². The lowest BCUT2D eigenvalue weighted by atomic mass is 10.0. The number of benzene rings is 1. The Kier molecular flexibility index (Phi) is 3.43. The van der Waals surface area contributed by atoms with Crippen LogP contribution in [0.15, 0.2) is 60.2 Å². The molecule has 1 aromatic carbocycles. The first-order chi connectivity index (χ1) is 11.6. The Morgan fingerprint density at radius 2 is 2.00 bits per heavy atom. The summed E-state index contributed by atoms with van der Waals surface area (Å²) in [5, 5.41) is 1.89. The van der Waals surface area contributed by atoms with E-state index in [1.54, 1.807) is 0 Å². The normalized spacial score (nSPS) is 11.0. The first-order valence-electron chi connectivity index (χ1n) is 7.55. The molecule has 0 fully saturated rings. The van der Waals surface area contributed by atoms with Crippen molar-refractivity contribution < 1.29 is 4.79 Å². The molecule has 4 aromatic rings. The lowest BCUT2D eigenvalue weighted by molar-refractivity contribution is 0.100. The Morgan fingerprint density at radius 3 is 2.83 bits per heavy atom. The molecule has 2 N–H and O–H groups in total. The molecule has 0 unspecified atom stereocenters. The molecule has 0 saturated carbocycles. The second kappa shape index (κ2) is 5.62. The van der Waals surface area contributed by atoms with E-state index in [0.717, 1.165) is 28.0 Å². The van der Waals surface area contributed by atoms with Gasteiger partial charge >= 0.3 is 0 Å². The average Bonchev–Trinajstić information content (AvgIpc) is 3.21. The number of nitrogens with two attached hydrogens (primary N) is 1. The predicted molar refractivity (Wildman–Crippen MR) is 97.2 cm³/mol. The van der Waals surface area contributed by atoms with Crippen LogP contribution < -0.4 is 5.73 Å². The number of amides is 1. The van der Waals surface area contributed by atoms with Crippen molar-refractivity contribution in [3.63, 3.8) is 0 Å². The lowest BCUT2D eigenvalue weighted by Gasteiger charge is -2.06. The quantitative estimate of drug-likeness (QED) is 0.612. The molecule has 0 saturated heterocycles. The molecule has 0 aliphatic rings. The van der Waals surface area contributed by atoms with Gasteiger partial charge in [0.15, 0.2) is 0 Å². The fourth-order valence-electron chi connectivity index (χ4n) is 2.87. The standard InChI is InChI=1S/C19H15N3OS/c1-12-5-7-22-16(11-21-17(22)9-12)14-4-2-3-13(10-14)15-6-8-24-18(15)19(20)23/h2-11H,1H3,(H2,20,23). The molecule has 0 bridgehead atoms. The van der Waals surface area contributed by atoms with Crippen LogP contribution in [0.2, 0.25) is 0 Å². The molecule has 3 aromatic heterocycles. The van der Waals surface area contributed by atoms with Gasteiger partial charge in [0.25, 0.3) is 5.91 Å². The van der Waals surface area contributed by atoms with E-state index in [2.05, 4.69) is 34.5 Å². The minimum absolute atomic E-state index is 0.393. The van der Waals surface area contributed by atoms with Gasteiger partial charge in [0.1, 0.15) is 5.65 Å². The molecular weight excluding hydrogens is 318 g/mol.